The fourth-order valence-electron chi connectivity index (χ4n) is 0.535. The summed E-state index contributed by atoms with van der Waals surface area (Å²) in [7, 11) is 1.74. The van der Waals surface area contributed by atoms with E-state index in [0.29, 0.717) is 0 Å². The van der Waals surface area contributed by atoms with Crippen molar-refractivity contribution >= 4 is 12.6 Å². The lowest BCUT2D eigenvalue weighted by molar-refractivity contribution is 0.192. The molecule has 0 aliphatic heterocycles. The van der Waals surface area contributed by atoms with Gasteiger partial charge in [0.1, 0.15) is 0 Å². The number of unbranched alkanes of at least 4 members (excludes halogenated alkanes) is 2. The van der Waals surface area contributed by atoms with Crippen molar-refractivity contribution in [1.29, 1.82) is 0 Å². The van der Waals surface area contributed by atoms with Crippen molar-refractivity contribution in [2.75, 3.05) is 19.5 Å². The quantitative estimate of drug-likeness (QED) is 0.445. The smallest absolute Gasteiger partial charge is 0.0462 e. The maximum absolute atomic E-state index is 4.86. The van der Waals surface area contributed by atoms with Gasteiger partial charge in [-0.3, -0.25) is 0 Å². The van der Waals surface area contributed by atoms with Crippen molar-refractivity contribution in [2.24, 2.45) is 0 Å². The van der Waals surface area contributed by atoms with Gasteiger partial charge in [-0.05, 0) is 18.6 Å². The third-order valence-corrected chi connectivity index (χ3v) is 1.32. The molecule has 0 aliphatic carbocycles. The molecule has 0 amide bonds. The molecule has 0 unspecified atom stereocenters. The second-order valence-electron chi connectivity index (χ2n) is 1.78. The van der Waals surface area contributed by atoms with E-state index in [-0.39, 0.29) is 0 Å². The van der Waals surface area contributed by atoms with Crippen LogP contribution in [-0.4, -0.2) is 19.5 Å². The molecular formula is C6H14OS. The molecule has 0 aromatic rings. The summed E-state index contributed by atoms with van der Waals surface area (Å²) < 4.78 is 4.86. The van der Waals surface area contributed by atoms with Gasteiger partial charge in [-0.1, -0.05) is 6.42 Å². The van der Waals surface area contributed by atoms with Crippen molar-refractivity contribution in [3.05, 3.63) is 0 Å². The molecule has 0 aromatic carbocycles. The van der Waals surface area contributed by atoms with Crippen LogP contribution in [0.5, 0.6) is 0 Å². The van der Waals surface area contributed by atoms with Gasteiger partial charge in [0.05, 0.1) is 0 Å². The zero-order chi connectivity index (χ0) is 6.24. The Balaban J connectivity index is 2.53. The lowest BCUT2D eigenvalue weighted by Crippen LogP contribution is -1.87. The highest BCUT2D eigenvalue weighted by Gasteiger charge is 1.83. The molecule has 0 N–H and O–H groups in total. The molecule has 0 heterocycles. The molecule has 50 valence electrons. The largest absolute Gasteiger partial charge is 0.385 e. The van der Waals surface area contributed by atoms with Crippen LogP contribution >= 0.6 is 12.6 Å². The molecule has 0 aliphatic rings. The van der Waals surface area contributed by atoms with Crippen LogP contribution in [0.15, 0.2) is 0 Å². The first-order chi connectivity index (χ1) is 3.91. The second kappa shape index (κ2) is 7.31. The molecule has 0 fully saturated rings. The van der Waals surface area contributed by atoms with Gasteiger partial charge in [0.2, 0.25) is 0 Å². The van der Waals surface area contributed by atoms with Crippen LogP contribution in [0.1, 0.15) is 19.3 Å². The van der Waals surface area contributed by atoms with Crippen molar-refractivity contribution in [1.82, 2.24) is 0 Å². The fraction of sp³-hybridized carbons (Fsp3) is 1.00. The summed E-state index contributed by atoms with van der Waals surface area (Å²) in [4.78, 5) is 0. The molecule has 8 heavy (non-hydrogen) atoms. The summed E-state index contributed by atoms with van der Waals surface area (Å²) in [5.74, 6) is 1.00. The fourth-order valence-corrected chi connectivity index (χ4v) is 0.759. The highest BCUT2D eigenvalue weighted by atomic mass is 32.1. The molecule has 0 bridgehead atoms. The zero-order valence-corrected chi connectivity index (χ0v) is 6.29. The molecule has 0 aromatic heterocycles. The van der Waals surface area contributed by atoms with Gasteiger partial charge in [-0.15, -0.1) is 0 Å². The monoisotopic (exact) mass is 134 g/mol. The van der Waals surface area contributed by atoms with Crippen LogP contribution in [0, 0.1) is 0 Å². The molecule has 0 spiro atoms. The minimum absolute atomic E-state index is 0.897. The van der Waals surface area contributed by atoms with E-state index in [1.807, 2.05) is 0 Å². The number of ether oxygens (including phenoxy) is 1. The lowest BCUT2D eigenvalue weighted by Gasteiger charge is -1.94. The van der Waals surface area contributed by atoms with Crippen LogP contribution in [0.25, 0.3) is 0 Å². The third kappa shape index (κ3) is 6.31. The zero-order valence-electron chi connectivity index (χ0n) is 5.39. The van der Waals surface area contributed by atoms with Crippen LogP contribution < -0.4 is 0 Å². The molecular weight excluding hydrogens is 120 g/mol. The van der Waals surface area contributed by atoms with E-state index in [1.54, 1.807) is 7.11 Å². The number of hydrogen-bond acceptors (Lipinski definition) is 2. The van der Waals surface area contributed by atoms with Gasteiger partial charge in [0, 0.05) is 13.7 Å². The number of methoxy groups -OCH3 is 1. The standard InChI is InChI=1S/C6H14OS/c1-7-5-3-2-4-6-8/h8H,2-6H2,1H3. The molecule has 0 atom stereocenters. The normalized spacial score (nSPS) is 9.75. The summed E-state index contributed by atoms with van der Waals surface area (Å²) in [6, 6.07) is 0. The lowest BCUT2D eigenvalue weighted by atomic mass is 10.3. The first-order valence-electron chi connectivity index (χ1n) is 3.01. The minimum Gasteiger partial charge on any atom is -0.385 e. The first-order valence-corrected chi connectivity index (χ1v) is 3.65. The predicted molar refractivity (Wildman–Crippen MR) is 39.6 cm³/mol. The average Bonchev–Trinajstić information content (AvgIpc) is 1.81. The van der Waals surface area contributed by atoms with Crippen LogP contribution in [0.3, 0.4) is 0 Å². The molecule has 0 saturated heterocycles. The van der Waals surface area contributed by atoms with E-state index < -0.39 is 0 Å². The summed E-state index contributed by atoms with van der Waals surface area (Å²) in [5.41, 5.74) is 0. The summed E-state index contributed by atoms with van der Waals surface area (Å²) in [6.07, 6.45) is 3.64. The third-order valence-electron chi connectivity index (χ3n) is 1.01. The molecule has 2 heteroatoms. The maximum atomic E-state index is 4.86. The molecule has 0 saturated carbocycles. The highest BCUT2D eigenvalue weighted by molar-refractivity contribution is 7.80. The SMILES string of the molecule is COCCCCCS. The Hall–Kier alpha value is 0.310. The van der Waals surface area contributed by atoms with E-state index in [1.165, 1.54) is 19.3 Å². The number of rotatable bonds is 5. The second-order valence-corrected chi connectivity index (χ2v) is 2.22. The van der Waals surface area contributed by atoms with E-state index in [4.69, 9.17) is 4.74 Å². The van der Waals surface area contributed by atoms with Gasteiger partial charge < -0.3 is 4.74 Å². The summed E-state index contributed by atoms with van der Waals surface area (Å²) in [6.45, 7) is 0.897. The van der Waals surface area contributed by atoms with Crippen LogP contribution in [0.4, 0.5) is 0 Å². The van der Waals surface area contributed by atoms with Gasteiger partial charge >= 0.3 is 0 Å². The van der Waals surface area contributed by atoms with Crippen molar-refractivity contribution < 1.29 is 4.74 Å². The Bertz CT molecular complexity index is 33.5. The van der Waals surface area contributed by atoms with E-state index >= 15 is 0 Å². The van der Waals surface area contributed by atoms with Crippen LogP contribution in [0.2, 0.25) is 0 Å². The Morgan fingerprint density at radius 3 is 2.50 bits per heavy atom. The van der Waals surface area contributed by atoms with E-state index in [2.05, 4.69) is 12.6 Å². The van der Waals surface area contributed by atoms with Crippen molar-refractivity contribution in [3.8, 4) is 0 Å². The van der Waals surface area contributed by atoms with Crippen LogP contribution in [-0.2, 0) is 4.74 Å². The van der Waals surface area contributed by atoms with Gasteiger partial charge in [0.15, 0.2) is 0 Å². The Morgan fingerprint density at radius 2 is 2.00 bits per heavy atom. The Kier molecular flexibility index (Phi) is 7.59. The van der Waals surface area contributed by atoms with Crippen molar-refractivity contribution in [3.63, 3.8) is 0 Å². The predicted octanol–water partition coefficient (Wildman–Crippen LogP) is 1.73. The highest BCUT2D eigenvalue weighted by Crippen LogP contribution is 1.95. The number of hydrogen-bond donors (Lipinski definition) is 1. The molecule has 1 nitrogen and oxygen atoms in total. The first kappa shape index (κ1) is 8.31. The molecule has 0 radical (unpaired) electrons. The van der Waals surface area contributed by atoms with Gasteiger partial charge in [-0.25, -0.2) is 0 Å². The van der Waals surface area contributed by atoms with Gasteiger partial charge in [-0.2, -0.15) is 12.6 Å². The number of thiol groups is 1. The Morgan fingerprint density at radius 1 is 1.25 bits per heavy atom. The summed E-state index contributed by atoms with van der Waals surface area (Å²) in [5, 5.41) is 0. The van der Waals surface area contributed by atoms with E-state index in [9.17, 15) is 0 Å². The van der Waals surface area contributed by atoms with E-state index in [0.717, 1.165) is 12.4 Å². The minimum atomic E-state index is 0.897. The maximum Gasteiger partial charge on any atom is 0.0462 e. The summed E-state index contributed by atoms with van der Waals surface area (Å²) >= 11 is 4.08. The molecule has 0 rings (SSSR count). The van der Waals surface area contributed by atoms with Crippen molar-refractivity contribution in [2.45, 2.75) is 19.3 Å². The van der Waals surface area contributed by atoms with Gasteiger partial charge in [0.25, 0.3) is 0 Å². The Labute approximate surface area is 56.8 Å². The topological polar surface area (TPSA) is 9.23 Å². The average molecular weight is 134 g/mol.